The third kappa shape index (κ3) is 5.96. The van der Waals surface area contributed by atoms with Gasteiger partial charge < -0.3 is 15.0 Å². The maximum Gasteiger partial charge on any atom is 0.410 e. The lowest BCUT2D eigenvalue weighted by molar-refractivity contribution is 0.0224. The van der Waals surface area contributed by atoms with Crippen LogP contribution < -0.4 is 10.6 Å². The molecule has 40 heavy (non-hydrogen) atoms. The molecule has 4 aromatic rings. The van der Waals surface area contributed by atoms with Gasteiger partial charge in [0.1, 0.15) is 11.4 Å². The quantitative estimate of drug-likeness (QED) is 0.287. The molecule has 0 saturated carbocycles. The molecule has 3 aromatic carbocycles. The highest BCUT2D eigenvalue weighted by Gasteiger charge is 2.27. The van der Waals surface area contributed by atoms with E-state index in [2.05, 4.69) is 37.5 Å². The number of benzene rings is 3. The van der Waals surface area contributed by atoms with Crippen LogP contribution in [0, 0.1) is 0 Å². The first kappa shape index (κ1) is 27.2. The van der Waals surface area contributed by atoms with Crippen LogP contribution in [0.5, 0.6) is 0 Å². The smallest absolute Gasteiger partial charge is 0.410 e. The molecule has 3 amide bonds. The zero-order chi connectivity index (χ0) is 28.7. The van der Waals surface area contributed by atoms with Gasteiger partial charge in [0.25, 0.3) is 0 Å². The maximum absolute atomic E-state index is 13.2. The van der Waals surface area contributed by atoms with Crippen molar-refractivity contribution in [2.45, 2.75) is 65.5 Å². The van der Waals surface area contributed by atoms with Gasteiger partial charge in [-0.05, 0) is 61.9 Å². The molecule has 2 heterocycles. The van der Waals surface area contributed by atoms with Crippen molar-refractivity contribution in [1.82, 2.24) is 14.7 Å². The van der Waals surface area contributed by atoms with Crippen molar-refractivity contribution < 1.29 is 14.3 Å². The second-order valence-corrected chi connectivity index (χ2v) is 12.3. The first-order valence-electron chi connectivity index (χ1n) is 13.6. The Labute approximate surface area is 235 Å². The molecule has 0 bridgehead atoms. The van der Waals surface area contributed by atoms with E-state index in [1.54, 1.807) is 9.58 Å². The molecule has 8 nitrogen and oxygen atoms in total. The number of fused-ring (bicyclic) bond motifs is 2. The summed E-state index contributed by atoms with van der Waals surface area (Å²) >= 11 is 0. The van der Waals surface area contributed by atoms with Crippen molar-refractivity contribution in [3.63, 3.8) is 0 Å². The van der Waals surface area contributed by atoms with E-state index in [0.717, 1.165) is 39.8 Å². The van der Waals surface area contributed by atoms with Gasteiger partial charge in [-0.1, -0.05) is 63.2 Å². The zero-order valence-corrected chi connectivity index (χ0v) is 24.0. The van der Waals surface area contributed by atoms with Crippen LogP contribution >= 0.6 is 0 Å². The van der Waals surface area contributed by atoms with Crippen LogP contribution in [0.2, 0.25) is 0 Å². The Morgan fingerprint density at radius 2 is 1.62 bits per heavy atom. The Balaban J connectivity index is 1.43. The molecular weight excluding hydrogens is 502 g/mol. The largest absolute Gasteiger partial charge is 0.444 e. The highest BCUT2D eigenvalue weighted by molar-refractivity contribution is 6.06. The minimum absolute atomic E-state index is 0.227. The molecule has 5 rings (SSSR count). The molecule has 0 unspecified atom stereocenters. The molecule has 1 aliphatic rings. The second kappa shape index (κ2) is 10.3. The van der Waals surface area contributed by atoms with Crippen molar-refractivity contribution in [1.29, 1.82) is 0 Å². The molecule has 1 aromatic heterocycles. The van der Waals surface area contributed by atoms with Gasteiger partial charge in [-0.15, -0.1) is 0 Å². The SMILES string of the molecule is CC(C)(C)OC(=O)N1CCc2ccc(-n3nc(C(C)(C)C)cc3NC(=O)Nc3cccc4ccccc34)cc2C1. The Hall–Kier alpha value is -4.33. The summed E-state index contributed by atoms with van der Waals surface area (Å²) in [6.07, 6.45) is 0.435. The molecular formula is C32H37N5O3. The predicted molar refractivity (Wildman–Crippen MR) is 159 cm³/mol. The minimum Gasteiger partial charge on any atom is -0.444 e. The van der Waals surface area contributed by atoms with Gasteiger partial charge in [0.05, 0.1) is 17.1 Å². The number of anilines is 2. The predicted octanol–water partition coefficient (Wildman–Crippen LogP) is 7.26. The average molecular weight is 540 g/mol. The number of ether oxygens (including phenoxy) is 1. The fraction of sp³-hybridized carbons (Fsp3) is 0.344. The molecule has 0 spiro atoms. The number of hydrogen-bond donors (Lipinski definition) is 2. The van der Waals surface area contributed by atoms with Crippen molar-refractivity contribution in [3.05, 3.63) is 83.6 Å². The maximum atomic E-state index is 13.2. The van der Waals surface area contributed by atoms with Crippen molar-refractivity contribution >= 4 is 34.4 Å². The Kier molecular flexibility index (Phi) is 7.04. The number of aromatic nitrogens is 2. The lowest BCUT2D eigenvalue weighted by atomic mass is 9.92. The summed E-state index contributed by atoms with van der Waals surface area (Å²) in [4.78, 5) is 27.7. The molecule has 0 fully saturated rings. The molecule has 2 N–H and O–H groups in total. The standard InChI is InChI=1S/C32H37N5O3/c1-31(2,3)27-19-28(34-29(38)33-26-13-9-11-22-10-7-8-12-25(22)26)37(35-27)24-15-14-21-16-17-36(20-23(21)18-24)30(39)40-32(4,5)6/h7-15,18-19H,16-17,20H2,1-6H3,(H2,33,34,38). The molecule has 0 aliphatic carbocycles. The zero-order valence-electron chi connectivity index (χ0n) is 24.0. The normalized spacial score (nSPS) is 13.6. The summed E-state index contributed by atoms with van der Waals surface area (Å²) in [6, 6.07) is 21.5. The summed E-state index contributed by atoms with van der Waals surface area (Å²) in [5, 5.41) is 12.9. The highest BCUT2D eigenvalue weighted by Crippen LogP contribution is 2.30. The van der Waals surface area contributed by atoms with Crippen LogP contribution in [-0.2, 0) is 23.1 Å². The van der Waals surface area contributed by atoms with Crippen LogP contribution in [0.4, 0.5) is 21.1 Å². The van der Waals surface area contributed by atoms with Gasteiger partial charge in [0.2, 0.25) is 0 Å². The fourth-order valence-electron chi connectivity index (χ4n) is 4.80. The summed E-state index contributed by atoms with van der Waals surface area (Å²) in [7, 11) is 0. The van der Waals surface area contributed by atoms with Crippen molar-refractivity contribution in [2.24, 2.45) is 0 Å². The Bertz CT molecular complexity index is 1570. The highest BCUT2D eigenvalue weighted by atomic mass is 16.6. The first-order chi connectivity index (χ1) is 18.9. The molecule has 8 heteroatoms. The summed E-state index contributed by atoms with van der Waals surface area (Å²) in [5.74, 6) is 0.558. The topological polar surface area (TPSA) is 88.5 Å². The van der Waals surface area contributed by atoms with Gasteiger partial charge in [-0.2, -0.15) is 5.10 Å². The first-order valence-corrected chi connectivity index (χ1v) is 13.6. The van der Waals surface area contributed by atoms with Crippen LogP contribution in [-0.4, -0.2) is 39.0 Å². The van der Waals surface area contributed by atoms with Crippen molar-refractivity contribution in [2.75, 3.05) is 17.2 Å². The van der Waals surface area contributed by atoms with E-state index in [9.17, 15) is 9.59 Å². The number of carbonyl (C=O) groups is 2. The minimum atomic E-state index is -0.551. The van der Waals surface area contributed by atoms with Gasteiger partial charge in [-0.25, -0.2) is 14.3 Å². The molecule has 0 atom stereocenters. The van der Waals surface area contributed by atoms with Gasteiger partial charge in [0, 0.05) is 30.0 Å². The number of nitrogens with one attached hydrogen (secondary N) is 2. The second-order valence-electron chi connectivity index (χ2n) is 12.3. The Morgan fingerprint density at radius 1 is 0.875 bits per heavy atom. The van der Waals surface area contributed by atoms with Gasteiger partial charge in [0.15, 0.2) is 0 Å². The van der Waals surface area contributed by atoms with E-state index in [0.29, 0.717) is 18.9 Å². The van der Waals surface area contributed by atoms with E-state index in [4.69, 9.17) is 9.84 Å². The molecule has 0 saturated heterocycles. The van der Waals surface area contributed by atoms with Gasteiger partial charge in [-0.3, -0.25) is 5.32 Å². The van der Waals surface area contributed by atoms with E-state index < -0.39 is 5.60 Å². The van der Waals surface area contributed by atoms with Crippen LogP contribution in [0.1, 0.15) is 58.4 Å². The molecule has 0 radical (unpaired) electrons. The third-order valence-corrected chi connectivity index (χ3v) is 6.86. The number of nitrogens with zero attached hydrogens (tertiary/aromatic N) is 3. The van der Waals surface area contributed by atoms with E-state index >= 15 is 0 Å². The number of amides is 3. The van der Waals surface area contributed by atoms with Crippen LogP contribution in [0.25, 0.3) is 16.5 Å². The number of rotatable bonds is 3. The van der Waals surface area contributed by atoms with Crippen LogP contribution in [0.3, 0.4) is 0 Å². The van der Waals surface area contributed by atoms with Gasteiger partial charge >= 0.3 is 12.1 Å². The summed E-state index contributed by atoms with van der Waals surface area (Å²) in [5.41, 5.74) is 3.83. The molecule has 1 aliphatic heterocycles. The average Bonchev–Trinajstić information content (AvgIpc) is 3.31. The Morgan fingerprint density at radius 3 is 2.38 bits per heavy atom. The number of carbonyl (C=O) groups excluding carboxylic acids is 2. The van der Waals surface area contributed by atoms with Crippen LogP contribution in [0.15, 0.2) is 66.7 Å². The van der Waals surface area contributed by atoms with E-state index in [1.165, 1.54) is 5.56 Å². The summed E-state index contributed by atoms with van der Waals surface area (Å²) < 4.78 is 7.36. The fourth-order valence-corrected chi connectivity index (χ4v) is 4.80. The lowest BCUT2D eigenvalue weighted by Crippen LogP contribution is -2.39. The molecule has 208 valence electrons. The number of urea groups is 1. The lowest BCUT2D eigenvalue weighted by Gasteiger charge is -2.31. The summed E-state index contributed by atoms with van der Waals surface area (Å²) in [6.45, 7) is 12.9. The van der Waals surface area contributed by atoms with E-state index in [1.807, 2.05) is 81.4 Å². The monoisotopic (exact) mass is 539 g/mol. The van der Waals surface area contributed by atoms with E-state index in [-0.39, 0.29) is 17.5 Å². The van der Waals surface area contributed by atoms with Crippen molar-refractivity contribution in [3.8, 4) is 5.69 Å². The number of hydrogen-bond acceptors (Lipinski definition) is 4. The third-order valence-electron chi connectivity index (χ3n) is 6.86.